The van der Waals surface area contributed by atoms with Gasteiger partial charge in [-0.15, -0.1) is 11.3 Å². The lowest BCUT2D eigenvalue weighted by Crippen LogP contribution is -2.25. The number of carbonyl (C=O) groups is 2. The molecule has 0 bridgehead atoms. The van der Waals surface area contributed by atoms with Crippen molar-refractivity contribution in [3.05, 3.63) is 40.0 Å². The summed E-state index contributed by atoms with van der Waals surface area (Å²) in [6, 6.07) is 6.02. The van der Waals surface area contributed by atoms with Gasteiger partial charge in [0, 0.05) is 29.6 Å². The number of carboxylic acids is 1. The van der Waals surface area contributed by atoms with E-state index in [0.29, 0.717) is 17.2 Å². The summed E-state index contributed by atoms with van der Waals surface area (Å²) in [4.78, 5) is 31.6. The van der Waals surface area contributed by atoms with Crippen LogP contribution in [-0.2, 0) is 17.6 Å². The molecular formula is C19H19N3O3S. The summed E-state index contributed by atoms with van der Waals surface area (Å²) in [5.74, 6) is -0.928. The van der Waals surface area contributed by atoms with E-state index in [4.69, 9.17) is 0 Å². The molecule has 1 amide bonds. The molecular weight excluding hydrogens is 350 g/mol. The van der Waals surface area contributed by atoms with Crippen LogP contribution in [0.15, 0.2) is 18.2 Å². The van der Waals surface area contributed by atoms with E-state index in [1.807, 2.05) is 12.1 Å². The minimum absolute atomic E-state index is 0.0436. The number of aryl methyl sites for hydroxylation is 2. The molecule has 0 spiro atoms. The van der Waals surface area contributed by atoms with E-state index in [0.717, 1.165) is 40.2 Å². The SMILES string of the molecule is CCc1sc2nc(C)c(C(=O)O)n2c1-c1ccc2c(c1)CCN2C(C)=O. The van der Waals surface area contributed by atoms with Crippen LogP contribution in [0.3, 0.4) is 0 Å². The van der Waals surface area contributed by atoms with Gasteiger partial charge in [0.05, 0.1) is 11.4 Å². The minimum Gasteiger partial charge on any atom is -0.477 e. The van der Waals surface area contributed by atoms with E-state index >= 15 is 0 Å². The molecule has 0 unspecified atom stereocenters. The van der Waals surface area contributed by atoms with E-state index < -0.39 is 5.97 Å². The third-order valence-electron chi connectivity index (χ3n) is 4.88. The van der Waals surface area contributed by atoms with Crippen molar-refractivity contribution in [1.82, 2.24) is 9.38 Å². The molecule has 2 aromatic heterocycles. The highest BCUT2D eigenvalue weighted by atomic mass is 32.1. The largest absolute Gasteiger partial charge is 0.477 e. The second-order valence-corrected chi connectivity index (χ2v) is 7.52. The number of thiazole rings is 1. The van der Waals surface area contributed by atoms with Crippen LogP contribution in [0.2, 0.25) is 0 Å². The topological polar surface area (TPSA) is 74.9 Å². The standard InChI is InChI=1S/C19H19N3O3S/c1-4-15-17(22-16(18(24)25)10(2)20-19(22)26-15)13-5-6-14-12(9-13)7-8-21(14)11(3)23/h5-6,9H,4,7-8H2,1-3H3,(H,24,25). The first kappa shape index (κ1) is 16.8. The second-order valence-electron chi connectivity index (χ2n) is 6.46. The predicted molar refractivity (Wildman–Crippen MR) is 101 cm³/mol. The second kappa shape index (κ2) is 5.95. The van der Waals surface area contributed by atoms with Gasteiger partial charge in [0.25, 0.3) is 0 Å². The van der Waals surface area contributed by atoms with Gasteiger partial charge in [-0.05, 0) is 37.5 Å². The molecule has 134 valence electrons. The fourth-order valence-corrected chi connectivity index (χ4v) is 4.85. The molecule has 0 saturated heterocycles. The Hall–Kier alpha value is -2.67. The number of carbonyl (C=O) groups excluding carboxylic acids is 1. The van der Waals surface area contributed by atoms with Gasteiger partial charge in [0.2, 0.25) is 5.91 Å². The van der Waals surface area contributed by atoms with Gasteiger partial charge in [0.1, 0.15) is 0 Å². The summed E-state index contributed by atoms with van der Waals surface area (Å²) in [6.45, 7) is 6.06. The average Bonchev–Trinajstić information content (AvgIpc) is 3.23. The fourth-order valence-electron chi connectivity index (χ4n) is 3.72. The van der Waals surface area contributed by atoms with Gasteiger partial charge in [0.15, 0.2) is 10.7 Å². The van der Waals surface area contributed by atoms with Crippen molar-refractivity contribution >= 4 is 33.9 Å². The summed E-state index contributed by atoms with van der Waals surface area (Å²) in [5.41, 5.74) is 4.68. The Kier molecular flexibility index (Phi) is 3.84. The molecule has 3 heterocycles. The van der Waals surface area contributed by atoms with Crippen LogP contribution in [0.1, 0.15) is 40.5 Å². The zero-order valence-electron chi connectivity index (χ0n) is 14.9. The monoisotopic (exact) mass is 369 g/mol. The molecule has 0 atom stereocenters. The van der Waals surface area contributed by atoms with E-state index in [1.165, 1.54) is 11.3 Å². The van der Waals surface area contributed by atoms with Crippen LogP contribution in [0.4, 0.5) is 5.69 Å². The first-order chi connectivity index (χ1) is 12.4. The maximum absolute atomic E-state index is 11.8. The fraction of sp³-hybridized carbons (Fsp3) is 0.316. The quantitative estimate of drug-likeness (QED) is 0.766. The highest BCUT2D eigenvalue weighted by Gasteiger charge is 2.26. The molecule has 3 aromatic rings. The van der Waals surface area contributed by atoms with Crippen molar-refractivity contribution in [2.24, 2.45) is 0 Å². The molecule has 7 heteroatoms. The van der Waals surface area contributed by atoms with Gasteiger partial charge in [-0.1, -0.05) is 13.0 Å². The van der Waals surface area contributed by atoms with Crippen molar-refractivity contribution in [3.63, 3.8) is 0 Å². The van der Waals surface area contributed by atoms with Crippen molar-refractivity contribution in [2.75, 3.05) is 11.4 Å². The van der Waals surface area contributed by atoms with Crippen LogP contribution >= 0.6 is 11.3 Å². The van der Waals surface area contributed by atoms with Gasteiger partial charge in [-0.2, -0.15) is 0 Å². The van der Waals surface area contributed by atoms with Crippen LogP contribution in [-0.4, -0.2) is 32.9 Å². The highest BCUT2D eigenvalue weighted by Crippen LogP contribution is 2.38. The Balaban J connectivity index is 1.95. The Labute approximate surface area is 154 Å². The number of aromatic carboxylic acids is 1. The zero-order valence-corrected chi connectivity index (χ0v) is 15.7. The molecule has 26 heavy (non-hydrogen) atoms. The lowest BCUT2D eigenvalue weighted by Gasteiger charge is -2.15. The van der Waals surface area contributed by atoms with Crippen LogP contribution < -0.4 is 4.90 Å². The van der Waals surface area contributed by atoms with Crippen LogP contribution in [0.5, 0.6) is 0 Å². The number of nitrogens with zero attached hydrogens (tertiary/aromatic N) is 3. The summed E-state index contributed by atoms with van der Waals surface area (Å²) in [7, 11) is 0. The first-order valence-corrected chi connectivity index (χ1v) is 9.39. The summed E-state index contributed by atoms with van der Waals surface area (Å²) >= 11 is 1.53. The normalized spacial score (nSPS) is 13.4. The zero-order chi connectivity index (χ0) is 18.6. The van der Waals surface area contributed by atoms with Crippen LogP contribution in [0, 0.1) is 6.92 Å². The van der Waals surface area contributed by atoms with Gasteiger partial charge in [-0.25, -0.2) is 9.78 Å². The highest BCUT2D eigenvalue weighted by molar-refractivity contribution is 7.17. The van der Waals surface area contributed by atoms with E-state index in [1.54, 1.807) is 23.1 Å². The molecule has 0 fully saturated rings. The lowest BCUT2D eigenvalue weighted by molar-refractivity contribution is -0.116. The van der Waals surface area contributed by atoms with Crippen molar-refractivity contribution in [2.45, 2.75) is 33.6 Å². The summed E-state index contributed by atoms with van der Waals surface area (Å²) < 4.78 is 1.76. The number of hydrogen-bond acceptors (Lipinski definition) is 4. The summed E-state index contributed by atoms with van der Waals surface area (Å²) in [6.07, 6.45) is 1.62. The predicted octanol–water partition coefficient (Wildman–Crippen LogP) is 3.54. The Morgan fingerprint density at radius 2 is 2.12 bits per heavy atom. The Morgan fingerprint density at radius 3 is 2.77 bits per heavy atom. The number of amides is 1. The summed E-state index contributed by atoms with van der Waals surface area (Å²) in [5, 5.41) is 9.66. The van der Waals surface area contributed by atoms with Gasteiger partial charge >= 0.3 is 5.97 Å². The van der Waals surface area contributed by atoms with Gasteiger partial charge in [-0.3, -0.25) is 9.20 Å². The number of fused-ring (bicyclic) bond motifs is 2. The lowest BCUT2D eigenvalue weighted by atomic mass is 10.0. The van der Waals surface area contributed by atoms with Crippen molar-refractivity contribution in [1.29, 1.82) is 0 Å². The maximum atomic E-state index is 11.8. The molecule has 1 aliphatic heterocycles. The van der Waals surface area contributed by atoms with Crippen molar-refractivity contribution in [3.8, 4) is 11.3 Å². The third-order valence-corrected chi connectivity index (χ3v) is 6.06. The number of imidazole rings is 1. The number of benzene rings is 1. The molecule has 1 N–H and O–H groups in total. The Bertz CT molecular complexity index is 1060. The number of anilines is 1. The molecule has 4 rings (SSSR count). The third kappa shape index (κ3) is 2.34. The van der Waals surface area contributed by atoms with E-state index in [2.05, 4.69) is 18.0 Å². The molecule has 1 aromatic carbocycles. The molecule has 6 nitrogen and oxygen atoms in total. The average molecular weight is 369 g/mol. The Morgan fingerprint density at radius 1 is 1.35 bits per heavy atom. The molecule has 0 aliphatic carbocycles. The number of hydrogen-bond donors (Lipinski definition) is 1. The number of aromatic nitrogens is 2. The van der Waals surface area contributed by atoms with Crippen molar-refractivity contribution < 1.29 is 14.7 Å². The maximum Gasteiger partial charge on any atom is 0.354 e. The number of carboxylic acid groups (broad SMARTS) is 1. The van der Waals surface area contributed by atoms with E-state index in [-0.39, 0.29) is 11.6 Å². The van der Waals surface area contributed by atoms with E-state index in [9.17, 15) is 14.7 Å². The first-order valence-electron chi connectivity index (χ1n) is 8.57. The molecule has 1 aliphatic rings. The number of rotatable bonds is 3. The molecule has 0 saturated carbocycles. The molecule has 0 radical (unpaired) electrons. The minimum atomic E-state index is -0.972. The van der Waals surface area contributed by atoms with Gasteiger partial charge < -0.3 is 10.0 Å². The smallest absolute Gasteiger partial charge is 0.354 e. The van der Waals surface area contributed by atoms with Crippen LogP contribution in [0.25, 0.3) is 16.2 Å².